The van der Waals surface area contributed by atoms with E-state index in [0.29, 0.717) is 30.5 Å². The van der Waals surface area contributed by atoms with Gasteiger partial charge >= 0.3 is 6.18 Å². The molecule has 0 bridgehead atoms. The summed E-state index contributed by atoms with van der Waals surface area (Å²) < 4.78 is 49.0. The minimum Gasteiger partial charge on any atom is -0.374 e. The molecule has 0 N–H and O–H groups in total. The number of fused-ring (bicyclic) bond motifs is 2. The fourth-order valence-corrected chi connectivity index (χ4v) is 3.95. The smallest absolute Gasteiger partial charge is 0.374 e. The molecule has 0 unspecified atom stereocenters. The molecule has 0 aliphatic rings. The number of carbonyl (C=O) groups is 1. The number of aldehydes is 1. The Balaban J connectivity index is 1.81. The Morgan fingerprint density at radius 1 is 1.15 bits per heavy atom. The lowest BCUT2D eigenvalue weighted by Crippen LogP contribution is -2.31. The highest BCUT2D eigenvalue weighted by Gasteiger charge is 2.33. The summed E-state index contributed by atoms with van der Waals surface area (Å²) in [5, 5.41) is 5.87. The van der Waals surface area contributed by atoms with Crippen molar-refractivity contribution in [1.82, 2.24) is 19.3 Å². The van der Waals surface area contributed by atoms with Gasteiger partial charge in [-0.3, -0.25) is 9.48 Å². The van der Waals surface area contributed by atoms with E-state index in [1.165, 1.54) is 16.8 Å². The Morgan fingerprint density at radius 2 is 1.91 bits per heavy atom. The van der Waals surface area contributed by atoms with E-state index in [9.17, 15) is 18.0 Å². The summed E-state index contributed by atoms with van der Waals surface area (Å²) in [5.41, 5.74) is 1.19. The van der Waals surface area contributed by atoms with Gasteiger partial charge in [0.05, 0.1) is 17.7 Å². The number of pyridine rings is 1. The Hall–Kier alpha value is -3.20. The first-order chi connectivity index (χ1) is 15.5. The number of benzene rings is 1. The second-order valence-electron chi connectivity index (χ2n) is 8.77. The molecule has 0 spiro atoms. The highest BCUT2D eigenvalue weighted by molar-refractivity contribution is 5.97. The number of aromatic nitrogens is 4. The van der Waals surface area contributed by atoms with Crippen molar-refractivity contribution in [3.63, 3.8) is 0 Å². The zero-order valence-electron chi connectivity index (χ0n) is 18.9. The van der Waals surface area contributed by atoms with Crippen molar-refractivity contribution < 1.29 is 22.7 Å². The lowest BCUT2D eigenvalue weighted by molar-refractivity contribution is -0.141. The Bertz CT molecular complexity index is 1340. The lowest BCUT2D eigenvalue weighted by Gasteiger charge is -2.24. The molecule has 3 aromatic heterocycles. The van der Waals surface area contributed by atoms with Gasteiger partial charge in [0.25, 0.3) is 0 Å². The van der Waals surface area contributed by atoms with Gasteiger partial charge in [0.15, 0.2) is 6.29 Å². The summed E-state index contributed by atoms with van der Waals surface area (Å²) in [6, 6.07) is 5.84. The van der Waals surface area contributed by atoms with Gasteiger partial charge in [-0.05, 0) is 57.0 Å². The normalized spacial score (nSPS) is 12.7. The molecule has 1 aromatic carbocycles. The molecule has 9 heteroatoms. The predicted molar refractivity (Wildman–Crippen MR) is 120 cm³/mol. The second-order valence-corrected chi connectivity index (χ2v) is 8.77. The first-order valence-corrected chi connectivity index (χ1v) is 10.7. The minimum atomic E-state index is -4.59. The van der Waals surface area contributed by atoms with Crippen LogP contribution in [-0.4, -0.2) is 37.8 Å². The average Bonchev–Trinajstić information content (AvgIpc) is 3.31. The maximum atomic E-state index is 13.3. The molecule has 0 saturated heterocycles. The molecule has 3 heterocycles. The van der Waals surface area contributed by atoms with E-state index in [2.05, 4.69) is 17.0 Å². The van der Waals surface area contributed by atoms with Crippen LogP contribution >= 0.6 is 0 Å². The van der Waals surface area contributed by atoms with Gasteiger partial charge in [-0.1, -0.05) is 6.92 Å². The van der Waals surface area contributed by atoms with E-state index >= 15 is 0 Å². The van der Waals surface area contributed by atoms with Crippen LogP contribution in [0.3, 0.4) is 0 Å². The molecule has 33 heavy (non-hydrogen) atoms. The van der Waals surface area contributed by atoms with E-state index in [-0.39, 0.29) is 11.2 Å². The SMILES string of the molecule is CCCOC(C)(C)Cn1cc2cc(-n3cc(C=O)c4ccc(C(F)(F)F)nc43)cc(C)c2n1. The molecule has 0 aliphatic heterocycles. The van der Waals surface area contributed by atoms with Crippen LogP contribution < -0.4 is 0 Å². The molecule has 4 rings (SSSR count). The summed E-state index contributed by atoms with van der Waals surface area (Å²) >= 11 is 0. The summed E-state index contributed by atoms with van der Waals surface area (Å²) in [4.78, 5) is 15.4. The van der Waals surface area contributed by atoms with Crippen molar-refractivity contribution in [3.8, 4) is 5.69 Å². The lowest BCUT2D eigenvalue weighted by atomic mass is 10.1. The average molecular weight is 458 g/mol. The van der Waals surface area contributed by atoms with E-state index in [1.807, 2.05) is 43.8 Å². The van der Waals surface area contributed by atoms with Gasteiger partial charge in [0.1, 0.15) is 11.3 Å². The number of carbonyl (C=O) groups excluding carboxylic acids is 1. The van der Waals surface area contributed by atoms with Crippen LogP contribution in [-0.2, 0) is 17.5 Å². The monoisotopic (exact) mass is 458 g/mol. The third kappa shape index (κ3) is 4.50. The molecular weight excluding hydrogens is 433 g/mol. The minimum absolute atomic E-state index is 0.0761. The molecule has 0 saturated carbocycles. The molecule has 0 radical (unpaired) electrons. The largest absolute Gasteiger partial charge is 0.433 e. The summed E-state index contributed by atoms with van der Waals surface area (Å²) in [6.07, 6.45) is 0.361. The van der Waals surface area contributed by atoms with Crippen LogP contribution in [0.15, 0.2) is 36.7 Å². The fourth-order valence-electron chi connectivity index (χ4n) is 3.95. The molecule has 174 valence electrons. The number of hydrogen-bond donors (Lipinski definition) is 0. The number of ether oxygens (including phenoxy) is 1. The third-order valence-corrected chi connectivity index (χ3v) is 5.45. The zero-order valence-corrected chi connectivity index (χ0v) is 18.9. The van der Waals surface area contributed by atoms with Crippen LogP contribution in [0.5, 0.6) is 0 Å². The molecule has 0 amide bonds. The van der Waals surface area contributed by atoms with Gasteiger partial charge < -0.3 is 9.30 Å². The van der Waals surface area contributed by atoms with E-state index in [0.717, 1.165) is 29.0 Å². The number of halogens is 3. The van der Waals surface area contributed by atoms with Crippen LogP contribution in [0, 0.1) is 6.92 Å². The molecule has 4 aromatic rings. The topological polar surface area (TPSA) is 61.9 Å². The predicted octanol–water partition coefficient (Wildman–Crippen LogP) is 5.72. The third-order valence-electron chi connectivity index (χ3n) is 5.45. The molecular formula is C24H25F3N4O2. The van der Waals surface area contributed by atoms with Crippen molar-refractivity contribution in [2.45, 2.75) is 52.4 Å². The van der Waals surface area contributed by atoms with Crippen molar-refractivity contribution >= 4 is 28.2 Å². The summed E-state index contributed by atoms with van der Waals surface area (Å²) in [7, 11) is 0. The Morgan fingerprint density at radius 3 is 2.58 bits per heavy atom. The van der Waals surface area contributed by atoms with Gasteiger partial charge in [-0.25, -0.2) is 4.98 Å². The molecule has 6 nitrogen and oxygen atoms in total. The van der Waals surface area contributed by atoms with E-state index in [1.54, 1.807) is 0 Å². The number of nitrogens with zero attached hydrogens (tertiary/aromatic N) is 4. The van der Waals surface area contributed by atoms with Crippen molar-refractivity contribution in [3.05, 3.63) is 53.5 Å². The number of hydrogen-bond acceptors (Lipinski definition) is 4. The Labute approximate surface area is 189 Å². The number of alkyl halides is 3. The quantitative estimate of drug-likeness (QED) is 0.332. The van der Waals surface area contributed by atoms with Crippen LogP contribution in [0.1, 0.15) is 48.8 Å². The first-order valence-electron chi connectivity index (χ1n) is 10.7. The Kier molecular flexibility index (Phi) is 5.78. The van der Waals surface area contributed by atoms with Gasteiger partial charge in [-0.15, -0.1) is 0 Å². The number of rotatable bonds is 7. The summed E-state index contributed by atoms with van der Waals surface area (Å²) in [6.45, 7) is 9.16. The highest BCUT2D eigenvalue weighted by Crippen LogP contribution is 2.32. The van der Waals surface area contributed by atoms with Gasteiger partial charge in [-0.2, -0.15) is 18.3 Å². The van der Waals surface area contributed by atoms with E-state index < -0.39 is 17.5 Å². The zero-order chi connectivity index (χ0) is 24.0. The van der Waals surface area contributed by atoms with Crippen LogP contribution in [0.4, 0.5) is 13.2 Å². The van der Waals surface area contributed by atoms with Crippen molar-refractivity contribution in [2.75, 3.05) is 6.61 Å². The molecule has 0 fully saturated rings. The van der Waals surface area contributed by atoms with Crippen molar-refractivity contribution in [1.29, 1.82) is 0 Å². The van der Waals surface area contributed by atoms with E-state index in [4.69, 9.17) is 4.74 Å². The highest BCUT2D eigenvalue weighted by atomic mass is 19.4. The summed E-state index contributed by atoms with van der Waals surface area (Å²) in [5.74, 6) is 0. The van der Waals surface area contributed by atoms with Crippen LogP contribution in [0.2, 0.25) is 0 Å². The van der Waals surface area contributed by atoms with Gasteiger partial charge in [0.2, 0.25) is 0 Å². The number of aryl methyl sites for hydroxylation is 1. The fraction of sp³-hybridized carbons (Fsp3) is 0.375. The second kappa shape index (κ2) is 8.30. The van der Waals surface area contributed by atoms with Gasteiger partial charge in [0, 0.05) is 41.0 Å². The molecule has 0 aliphatic carbocycles. The molecule has 0 atom stereocenters. The van der Waals surface area contributed by atoms with Crippen molar-refractivity contribution in [2.24, 2.45) is 0 Å². The first kappa shape index (κ1) is 23.0. The maximum Gasteiger partial charge on any atom is 0.433 e. The standard InChI is InChI=1S/C24H25F3N4O2/c1-5-8-33-23(3,4)14-30-11-16-10-18(9-15(2)21(16)29-30)31-12-17(13-32)19-6-7-20(24(25,26)27)28-22(19)31/h6-7,9-13H,5,8,14H2,1-4H3. The maximum absolute atomic E-state index is 13.3. The van der Waals surface area contributed by atoms with Crippen LogP contribution in [0.25, 0.3) is 27.6 Å².